The predicted molar refractivity (Wildman–Crippen MR) is 80.3 cm³/mol. The first-order valence-electron chi connectivity index (χ1n) is 5.65. The summed E-state index contributed by atoms with van der Waals surface area (Å²) in [5, 5.41) is 1.67. The van der Waals surface area contributed by atoms with Crippen LogP contribution in [-0.2, 0) is 0 Å². The molecule has 0 saturated heterocycles. The highest BCUT2D eigenvalue weighted by Crippen LogP contribution is 2.25. The number of ether oxygens (including phenoxy) is 1. The fourth-order valence-corrected chi connectivity index (χ4v) is 1.99. The minimum atomic E-state index is -0.273. The van der Waals surface area contributed by atoms with Gasteiger partial charge in [-0.3, -0.25) is 0 Å². The van der Waals surface area contributed by atoms with Crippen LogP contribution in [0.1, 0.15) is 11.6 Å². The lowest BCUT2D eigenvalue weighted by Crippen LogP contribution is -2.18. The summed E-state index contributed by atoms with van der Waals surface area (Å²) in [6.07, 6.45) is 0. The third kappa shape index (κ3) is 4.02. The molecule has 2 N–H and O–H groups in total. The van der Waals surface area contributed by atoms with Crippen molar-refractivity contribution in [3.05, 3.63) is 63.1 Å². The molecule has 1 atom stereocenters. The van der Waals surface area contributed by atoms with Gasteiger partial charge in [0.2, 0.25) is 0 Å². The maximum Gasteiger partial charge on any atom is 0.119 e. The van der Waals surface area contributed by atoms with Crippen LogP contribution in [0.15, 0.2) is 42.5 Å². The first kappa shape index (κ1) is 14.5. The number of halogens is 3. The Morgan fingerprint density at radius 2 is 1.63 bits per heavy atom. The summed E-state index contributed by atoms with van der Waals surface area (Å²) in [5.74, 6) is 0.722. The first-order valence-corrected chi connectivity index (χ1v) is 6.78. The zero-order valence-electron chi connectivity index (χ0n) is 9.95. The van der Waals surface area contributed by atoms with Gasteiger partial charge in [0.1, 0.15) is 12.4 Å². The Hall–Kier alpha value is -0.930. The lowest BCUT2D eigenvalue weighted by molar-refractivity contribution is 0.290. The summed E-state index contributed by atoms with van der Waals surface area (Å²) in [5.41, 5.74) is 6.92. The van der Waals surface area contributed by atoms with E-state index in [0.717, 1.165) is 11.3 Å². The normalized spacial score (nSPS) is 12.2. The van der Waals surface area contributed by atoms with Gasteiger partial charge in [-0.25, -0.2) is 0 Å². The fraction of sp³-hybridized carbons (Fsp3) is 0.143. The van der Waals surface area contributed by atoms with Crippen molar-refractivity contribution in [1.29, 1.82) is 0 Å². The molecule has 0 spiro atoms. The molecule has 5 heteroatoms. The van der Waals surface area contributed by atoms with E-state index in [1.807, 2.05) is 6.07 Å². The summed E-state index contributed by atoms with van der Waals surface area (Å²) in [6, 6.07) is 12.2. The van der Waals surface area contributed by atoms with Crippen molar-refractivity contribution < 1.29 is 4.74 Å². The summed E-state index contributed by atoms with van der Waals surface area (Å²) in [6.45, 7) is 0.347. The van der Waals surface area contributed by atoms with Crippen molar-refractivity contribution in [2.24, 2.45) is 5.73 Å². The van der Waals surface area contributed by atoms with E-state index < -0.39 is 0 Å². The Morgan fingerprint density at radius 1 is 0.947 bits per heavy atom. The predicted octanol–water partition coefficient (Wildman–Crippen LogP) is 4.73. The van der Waals surface area contributed by atoms with E-state index in [1.165, 1.54) is 0 Å². The molecule has 0 amide bonds. The van der Waals surface area contributed by atoms with Crippen LogP contribution in [0, 0.1) is 0 Å². The molecule has 2 aromatic rings. The van der Waals surface area contributed by atoms with Gasteiger partial charge in [0.25, 0.3) is 0 Å². The number of hydrogen-bond acceptors (Lipinski definition) is 2. The maximum atomic E-state index is 6.04. The van der Waals surface area contributed by atoms with Gasteiger partial charge in [0.15, 0.2) is 0 Å². The zero-order chi connectivity index (χ0) is 13.8. The number of nitrogens with two attached hydrogens (primary N) is 1. The molecule has 0 aliphatic rings. The molecular formula is C14H12Cl3NO. The van der Waals surface area contributed by atoms with Crippen molar-refractivity contribution in [2.75, 3.05) is 6.61 Å². The van der Waals surface area contributed by atoms with Crippen LogP contribution >= 0.6 is 34.8 Å². The number of hydrogen-bond donors (Lipinski definition) is 1. The quantitative estimate of drug-likeness (QED) is 0.885. The average Bonchev–Trinajstić information content (AvgIpc) is 2.41. The van der Waals surface area contributed by atoms with E-state index >= 15 is 0 Å². The second-order valence-corrected chi connectivity index (χ2v) is 5.30. The van der Waals surface area contributed by atoms with E-state index in [0.29, 0.717) is 21.7 Å². The maximum absolute atomic E-state index is 6.04. The highest BCUT2D eigenvalue weighted by atomic mass is 35.5. The molecule has 2 aromatic carbocycles. The van der Waals surface area contributed by atoms with Crippen LogP contribution in [0.2, 0.25) is 15.1 Å². The van der Waals surface area contributed by atoms with Crippen LogP contribution in [0.4, 0.5) is 0 Å². The second-order valence-electron chi connectivity index (χ2n) is 4.04. The number of rotatable bonds is 4. The molecule has 100 valence electrons. The lowest BCUT2D eigenvalue weighted by atomic mass is 10.1. The molecule has 1 unspecified atom stereocenters. The minimum absolute atomic E-state index is 0.273. The fourth-order valence-electron chi connectivity index (χ4n) is 1.56. The Labute approximate surface area is 127 Å². The Bertz CT molecular complexity index is 557. The van der Waals surface area contributed by atoms with Crippen LogP contribution in [0.3, 0.4) is 0 Å². The van der Waals surface area contributed by atoms with E-state index in [1.54, 1.807) is 36.4 Å². The summed E-state index contributed by atoms with van der Waals surface area (Å²) < 4.78 is 5.59. The standard InChI is InChI=1S/C14H12Cl3NO/c15-10-2-4-11(5-3-10)19-8-14(18)9-1-6-12(16)13(17)7-9/h1-7,14H,8,18H2. The van der Waals surface area contributed by atoms with E-state index in [9.17, 15) is 0 Å². The molecule has 0 fully saturated rings. The molecule has 0 saturated carbocycles. The van der Waals surface area contributed by atoms with Crippen molar-refractivity contribution in [2.45, 2.75) is 6.04 Å². The molecule has 0 bridgehead atoms. The monoisotopic (exact) mass is 315 g/mol. The molecule has 0 aliphatic carbocycles. The molecular weight excluding hydrogens is 305 g/mol. The largest absolute Gasteiger partial charge is 0.492 e. The van der Waals surface area contributed by atoms with E-state index in [-0.39, 0.29) is 6.04 Å². The third-order valence-corrected chi connectivity index (χ3v) is 3.61. The topological polar surface area (TPSA) is 35.2 Å². The highest BCUT2D eigenvalue weighted by molar-refractivity contribution is 6.42. The Kier molecular flexibility index (Phi) is 4.94. The minimum Gasteiger partial charge on any atom is -0.492 e. The van der Waals surface area contributed by atoms with Gasteiger partial charge in [-0.05, 0) is 42.0 Å². The molecule has 2 rings (SSSR count). The van der Waals surface area contributed by atoms with Crippen LogP contribution in [-0.4, -0.2) is 6.61 Å². The molecule has 0 aliphatic heterocycles. The van der Waals surface area contributed by atoms with Gasteiger partial charge in [-0.2, -0.15) is 0 Å². The van der Waals surface area contributed by atoms with Crippen molar-refractivity contribution >= 4 is 34.8 Å². The van der Waals surface area contributed by atoms with Crippen LogP contribution in [0.25, 0.3) is 0 Å². The average molecular weight is 317 g/mol. The van der Waals surface area contributed by atoms with E-state index in [4.69, 9.17) is 45.3 Å². The van der Waals surface area contributed by atoms with Gasteiger partial charge in [0.05, 0.1) is 16.1 Å². The van der Waals surface area contributed by atoms with Gasteiger partial charge in [-0.1, -0.05) is 40.9 Å². The van der Waals surface area contributed by atoms with Crippen LogP contribution in [0.5, 0.6) is 5.75 Å². The Morgan fingerprint density at radius 3 is 2.26 bits per heavy atom. The zero-order valence-corrected chi connectivity index (χ0v) is 12.2. The molecule has 19 heavy (non-hydrogen) atoms. The van der Waals surface area contributed by atoms with Crippen molar-refractivity contribution in [1.82, 2.24) is 0 Å². The van der Waals surface area contributed by atoms with Gasteiger partial charge in [0, 0.05) is 5.02 Å². The lowest BCUT2D eigenvalue weighted by Gasteiger charge is -2.14. The Balaban J connectivity index is 1.98. The van der Waals surface area contributed by atoms with Crippen molar-refractivity contribution in [3.8, 4) is 5.75 Å². The molecule has 0 heterocycles. The summed E-state index contributed by atoms with van der Waals surface area (Å²) in [4.78, 5) is 0. The molecule has 2 nitrogen and oxygen atoms in total. The summed E-state index contributed by atoms with van der Waals surface area (Å²) >= 11 is 17.6. The first-order chi connectivity index (χ1) is 9.06. The molecule has 0 radical (unpaired) electrons. The van der Waals surface area contributed by atoms with Gasteiger partial charge in [-0.15, -0.1) is 0 Å². The summed E-state index contributed by atoms with van der Waals surface area (Å²) in [7, 11) is 0. The molecule has 0 aromatic heterocycles. The highest BCUT2D eigenvalue weighted by Gasteiger charge is 2.09. The van der Waals surface area contributed by atoms with Gasteiger partial charge >= 0.3 is 0 Å². The van der Waals surface area contributed by atoms with Crippen LogP contribution < -0.4 is 10.5 Å². The van der Waals surface area contributed by atoms with E-state index in [2.05, 4.69) is 0 Å². The second kappa shape index (κ2) is 6.49. The third-order valence-electron chi connectivity index (χ3n) is 2.62. The SMILES string of the molecule is NC(COc1ccc(Cl)cc1)c1ccc(Cl)c(Cl)c1. The van der Waals surface area contributed by atoms with Gasteiger partial charge < -0.3 is 10.5 Å². The number of benzene rings is 2. The smallest absolute Gasteiger partial charge is 0.119 e. The van der Waals surface area contributed by atoms with Crippen molar-refractivity contribution in [3.63, 3.8) is 0 Å².